The molecule has 0 spiro atoms. The Morgan fingerprint density at radius 3 is 2.88 bits per heavy atom. The molecule has 0 aromatic heterocycles. The van der Waals surface area contributed by atoms with E-state index in [1.165, 1.54) is 25.3 Å². The summed E-state index contributed by atoms with van der Waals surface area (Å²) in [6.07, 6.45) is -0.558. The first-order chi connectivity index (χ1) is 8.02. The number of hydrogen-bond donors (Lipinski definition) is 1. The lowest BCUT2D eigenvalue weighted by Gasteiger charge is -2.20. The molecule has 0 bridgehead atoms. The highest BCUT2D eigenvalue weighted by molar-refractivity contribution is 6.31. The molecule has 0 heterocycles. The lowest BCUT2D eigenvalue weighted by Crippen LogP contribution is -2.31. The van der Waals surface area contributed by atoms with Crippen molar-refractivity contribution in [1.82, 2.24) is 4.90 Å². The van der Waals surface area contributed by atoms with Crippen molar-refractivity contribution in [1.29, 1.82) is 0 Å². The average molecular weight is 262 g/mol. The van der Waals surface area contributed by atoms with Crippen molar-refractivity contribution >= 4 is 11.6 Å². The minimum absolute atomic E-state index is 0.279. The van der Waals surface area contributed by atoms with Gasteiger partial charge in [0.2, 0.25) is 0 Å². The molecule has 0 saturated heterocycles. The molecular formula is C12H17ClFNO2. The van der Waals surface area contributed by atoms with E-state index in [2.05, 4.69) is 0 Å². The van der Waals surface area contributed by atoms with E-state index < -0.39 is 6.10 Å². The summed E-state index contributed by atoms with van der Waals surface area (Å²) in [7, 11) is 3.37. The Kier molecular flexibility index (Phi) is 5.85. The third-order valence-corrected chi connectivity index (χ3v) is 2.70. The molecule has 1 aromatic rings. The van der Waals surface area contributed by atoms with E-state index in [1.54, 1.807) is 0 Å². The Hall–Kier alpha value is -0.680. The molecule has 0 amide bonds. The minimum atomic E-state index is -0.558. The van der Waals surface area contributed by atoms with Gasteiger partial charge in [0.1, 0.15) is 5.82 Å². The van der Waals surface area contributed by atoms with Crippen molar-refractivity contribution < 1.29 is 14.2 Å². The van der Waals surface area contributed by atoms with Crippen molar-refractivity contribution in [3.63, 3.8) is 0 Å². The van der Waals surface area contributed by atoms with Gasteiger partial charge in [-0.2, -0.15) is 0 Å². The average Bonchev–Trinajstić information content (AvgIpc) is 2.23. The number of hydrogen-bond acceptors (Lipinski definition) is 3. The highest BCUT2D eigenvalue weighted by Crippen LogP contribution is 2.18. The summed E-state index contributed by atoms with van der Waals surface area (Å²) in [6, 6.07) is 4.26. The number of halogens is 2. The summed E-state index contributed by atoms with van der Waals surface area (Å²) in [5.74, 6) is -0.310. The van der Waals surface area contributed by atoms with E-state index in [9.17, 15) is 9.50 Å². The summed E-state index contributed by atoms with van der Waals surface area (Å²) < 4.78 is 17.9. The van der Waals surface area contributed by atoms with E-state index in [0.29, 0.717) is 23.7 Å². The fourth-order valence-electron chi connectivity index (χ4n) is 1.62. The predicted octanol–water partition coefficient (Wildman–Crippen LogP) is 1.92. The SMILES string of the molecule is COC[C@@H](O)CN(C)Cc1cc(F)ccc1Cl. The number of aliphatic hydroxyl groups is 1. The van der Waals surface area contributed by atoms with Gasteiger partial charge in [0.05, 0.1) is 12.7 Å². The van der Waals surface area contributed by atoms with Gasteiger partial charge in [-0.3, -0.25) is 4.90 Å². The zero-order valence-corrected chi connectivity index (χ0v) is 10.7. The van der Waals surface area contributed by atoms with E-state index in [1.807, 2.05) is 11.9 Å². The van der Waals surface area contributed by atoms with E-state index in [0.717, 1.165) is 0 Å². The maximum absolute atomic E-state index is 13.0. The fraction of sp³-hybridized carbons (Fsp3) is 0.500. The Balaban J connectivity index is 2.55. The van der Waals surface area contributed by atoms with E-state index in [4.69, 9.17) is 16.3 Å². The molecule has 0 unspecified atom stereocenters. The molecule has 1 atom stereocenters. The van der Waals surface area contributed by atoms with Crippen LogP contribution in [0.25, 0.3) is 0 Å². The largest absolute Gasteiger partial charge is 0.389 e. The Morgan fingerprint density at radius 2 is 2.24 bits per heavy atom. The van der Waals surface area contributed by atoms with Gasteiger partial charge >= 0.3 is 0 Å². The molecule has 0 radical (unpaired) electrons. The first kappa shape index (κ1) is 14.4. The van der Waals surface area contributed by atoms with Crippen LogP contribution in [0.15, 0.2) is 18.2 Å². The number of methoxy groups -OCH3 is 1. The molecule has 17 heavy (non-hydrogen) atoms. The maximum Gasteiger partial charge on any atom is 0.123 e. The molecule has 1 N–H and O–H groups in total. The van der Waals surface area contributed by atoms with Crippen molar-refractivity contribution in [3.05, 3.63) is 34.6 Å². The first-order valence-electron chi connectivity index (χ1n) is 5.32. The normalized spacial score (nSPS) is 13.1. The summed E-state index contributed by atoms with van der Waals surface area (Å²) >= 11 is 5.96. The van der Waals surface area contributed by atoms with Crippen LogP contribution in [0.4, 0.5) is 4.39 Å². The summed E-state index contributed by atoms with van der Waals surface area (Å²) in [5, 5.41) is 10.1. The monoisotopic (exact) mass is 261 g/mol. The van der Waals surface area contributed by atoms with Gasteiger partial charge in [0.25, 0.3) is 0 Å². The number of likely N-dealkylation sites (N-methyl/N-ethyl adjacent to an activating group) is 1. The first-order valence-corrected chi connectivity index (χ1v) is 5.70. The van der Waals surface area contributed by atoms with Crippen LogP contribution in [0.2, 0.25) is 5.02 Å². The van der Waals surface area contributed by atoms with Crippen LogP contribution >= 0.6 is 11.6 Å². The van der Waals surface area contributed by atoms with Crippen LogP contribution in [-0.4, -0.2) is 43.4 Å². The van der Waals surface area contributed by atoms with Crippen LogP contribution in [0.3, 0.4) is 0 Å². The molecule has 96 valence electrons. The smallest absolute Gasteiger partial charge is 0.123 e. The second kappa shape index (κ2) is 6.91. The molecule has 5 heteroatoms. The molecule has 0 saturated carbocycles. The third-order valence-electron chi connectivity index (χ3n) is 2.33. The molecule has 3 nitrogen and oxygen atoms in total. The van der Waals surface area contributed by atoms with Crippen LogP contribution in [0.1, 0.15) is 5.56 Å². The van der Waals surface area contributed by atoms with Crippen LogP contribution in [0.5, 0.6) is 0 Å². The summed E-state index contributed by atoms with van der Waals surface area (Å²) in [4.78, 5) is 1.87. The van der Waals surface area contributed by atoms with Crippen LogP contribution in [0, 0.1) is 5.82 Å². The lowest BCUT2D eigenvalue weighted by atomic mass is 10.2. The highest BCUT2D eigenvalue weighted by Gasteiger charge is 2.10. The minimum Gasteiger partial charge on any atom is -0.389 e. The van der Waals surface area contributed by atoms with Gasteiger partial charge in [-0.25, -0.2) is 4.39 Å². The van der Waals surface area contributed by atoms with Gasteiger partial charge in [-0.1, -0.05) is 11.6 Å². The zero-order chi connectivity index (χ0) is 12.8. The topological polar surface area (TPSA) is 32.7 Å². The number of benzene rings is 1. The van der Waals surface area contributed by atoms with Crippen molar-refractivity contribution in [2.75, 3.05) is 27.3 Å². The summed E-state index contributed by atoms with van der Waals surface area (Å²) in [6.45, 7) is 1.21. The van der Waals surface area contributed by atoms with Gasteiger partial charge in [-0.05, 0) is 30.8 Å². The number of ether oxygens (including phenoxy) is 1. The van der Waals surface area contributed by atoms with Gasteiger partial charge in [0, 0.05) is 25.2 Å². The molecule has 0 aliphatic heterocycles. The summed E-state index contributed by atoms with van der Waals surface area (Å²) in [5.41, 5.74) is 0.707. The van der Waals surface area contributed by atoms with Gasteiger partial charge in [-0.15, -0.1) is 0 Å². The third kappa shape index (κ3) is 5.00. The van der Waals surface area contributed by atoms with Gasteiger partial charge in [0.15, 0.2) is 0 Å². The number of nitrogens with zero attached hydrogens (tertiary/aromatic N) is 1. The molecule has 1 rings (SSSR count). The lowest BCUT2D eigenvalue weighted by molar-refractivity contribution is 0.0419. The Labute approximate surface area is 106 Å². The second-order valence-corrected chi connectivity index (χ2v) is 4.45. The van der Waals surface area contributed by atoms with E-state index >= 15 is 0 Å². The van der Waals surface area contributed by atoms with Crippen molar-refractivity contribution in [2.45, 2.75) is 12.6 Å². The van der Waals surface area contributed by atoms with Crippen LogP contribution in [-0.2, 0) is 11.3 Å². The second-order valence-electron chi connectivity index (χ2n) is 4.04. The Morgan fingerprint density at radius 1 is 1.53 bits per heavy atom. The molecule has 0 aliphatic rings. The molecule has 0 aliphatic carbocycles. The van der Waals surface area contributed by atoms with Crippen molar-refractivity contribution in [3.8, 4) is 0 Å². The van der Waals surface area contributed by atoms with Crippen LogP contribution < -0.4 is 0 Å². The fourth-order valence-corrected chi connectivity index (χ4v) is 1.80. The maximum atomic E-state index is 13.0. The number of aliphatic hydroxyl groups excluding tert-OH is 1. The molecule has 0 fully saturated rings. The molecular weight excluding hydrogens is 245 g/mol. The quantitative estimate of drug-likeness (QED) is 0.849. The number of rotatable bonds is 6. The molecule has 1 aromatic carbocycles. The standard InChI is InChI=1S/C12H17ClFNO2/c1-15(7-11(16)8-17-2)6-9-5-10(14)3-4-12(9)13/h3-5,11,16H,6-8H2,1-2H3/t11-/m0/s1. The van der Waals surface area contributed by atoms with E-state index in [-0.39, 0.29) is 12.4 Å². The zero-order valence-electron chi connectivity index (χ0n) is 9.99. The highest BCUT2D eigenvalue weighted by atomic mass is 35.5. The van der Waals surface area contributed by atoms with Crippen molar-refractivity contribution in [2.24, 2.45) is 0 Å². The predicted molar refractivity (Wildman–Crippen MR) is 65.6 cm³/mol. The van der Waals surface area contributed by atoms with Gasteiger partial charge < -0.3 is 9.84 Å². The Bertz CT molecular complexity index is 362.